The van der Waals surface area contributed by atoms with Crippen molar-refractivity contribution in [3.8, 4) is 5.75 Å². The summed E-state index contributed by atoms with van der Waals surface area (Å²) in [7, 11) is 0. The minimum absolute atomic E-state index is 0.301. The maximum absolute atomic E-state index is 12.8. The van der Waals surface area contributed by atoms with Crippen LogP contribution in [-0.2, 0) is 0 Å². The van der Waals surface area contributed by atoms with Crippen molar-refractivity contribution < 1.29 is 9.53 Å². The number of aromatic amines is 1. The lowest BCUT2D eigenvalue weighted by molar-refractivity contribution is 0.102. The number of para-hydroxylation sites is 1. The molecule has 2 aromatic heterocycles. The van der Waals surface area contributed by atoms with Crippen LogP contribution in [0.4, 0.5) is 5.69 Å². The number of nitrogens with one attached hydrogen (secondary N) is 2. The molecule has 0 aliphatic carbocycles. The SMILES string of the molecule is C=N/C=C(\C=C(/C)c1ccc2[nH]nc(C(=O)Nc3ccncc3)c2c1)Oc1ccccc1. The van der Waals surface area contributed by atoms with Crippen molar-refractivity contribution >= 4 is 34.8 Å². The van der Waals surface area contributed by atoms with Crippen molar-refractivity contribution in [2.24, 2.45) is 4.99 Å². The number of benzene rings is 2. The third-order valence-corrected chi connectivity index (χ3v) is 4.73. The van der Waals surface area contributed by atoms with Crippen molar-refractivity contribution in [1.82, 2.24) is 15.2 Å². The summed E-state index contributed by atoms with van der Waals surface area (Å²) in [6.07, 6.45) is 6.66. The summed E-state index contributed by atoms with van der Waals surface area (Å²) in [5, 5.41) is 10.7. The molecule has 158 valence electrons. The van der Waals surface area contributed by atoms with Gasteiger partial charge in [0, 0.05) is 23.5 Å². The first-order chi connectivity index (χ1) is 15.6. The second-order valence-electron chi connectivity index (χ2n) is 6.98. The van der Waals surface area contributed by atoms with Gasteiger partial charge in [0.1, 0.15) is 11.5 Å². The molecule has 0 atom stereocenters. The van der Waals surface area contributed by atoms with Gasteiger partial charge in [-0.05, 0) is 67.3 Å². The van der Waals surface area contributed by atoms with Crippen LogP contribution in [0.25, 0.3) is 16.5 Å². The van der Waals surface area contributed by atoms with E-state index in [9.17, 15) is 4.79 Å². The molecule has 0 saturated carbocycles. The average Bonchev–Trinajstić information content (AvgIpc) is 3.24. The number of aromatic nitrogens is 3. The molecule has 7 nitrogen and oxygen atoms in total. The van der Waals surface area contributed by atoms with E-state index in [4.69, 9.17) is 4.74 Å². The second-order valence-corrected chi connectivity index (χ2v) is 6.98. The number of fused-ring (bicyclic) bond motifs is 1. The van der Waals surface area contributed by atoms with Crippen LogP contribution in [0.5, 0.6) is 5.75 Å². The minimum Gasteiger partial charge on any atom is -0.456 e. The molecule has 4 aromatic rings. The second kappa shape index (κ2) is 9.53. The van der Waals surface area contributed by atoms with E-state index in [0.29, 0.717) is 22.9 Å². The van der Waals surface area contributed by atoms with Crippen LogP contribution in [0, 0.1) is 0 Å². The molecule has 0 spiro atoms. The van der Waals surface area contributed by atoms with E-state index in [1.807, 2.05) is 61.5 Å². The minimum atomic E-state index is -0.301. The number of aliphatic imine (C=N–C) groups is 1. The van der Waals surface area contributed by atoms with Crippen molar-refractivity contribution in [3.05, 3.63) is 102 Å². The Bertz CT molecular complexity index is 1310. The standard InChI is InChI=1S/C25H21N5O2/c1-17(14-21(16-26-2)32-20-6-4-3-5-7-20)18-8-9-23-22(15-18)24(30-29-23)25(31)28-19-10-12-27-13-11-19/h3-16H,2H2,1H3,(H,29,30)(H,27,28,31)/b17-14+,21-16+. The lowest BCUT2D eigenvalue weighted by Gasteiger charge is -2.08. The Morgan fingerprint density at radius 1 is 1.12 bits per heavy atom. The molecule has 2 aromatic carbocycles. The van der Waals surface area contributed by atoms with Gasteiger partial charge < -0.3 is 10.1 Å². The highest BCUT2D eigenvalue weighted by Gasteiger charge is 2.15. The van der Waals surface area contributed by atoms with Gasteiger partial charge in [-0.2, -0.15) is 5.10 Å². The van der Waals surface area contributed by atoms with Gasteiger partial charge >= 0.3 is 0 Å². The van der Waals surface area contributed by atoms with Gasteiger partial charge in [0.2, 0.25) is 0 Å². The highest BCUT2D eigenvalue weighted by Crippen LogP contribution is 2.25. The van der Waals surface area contributed by atoms with Gasteiger partial charge in [0.15, 0.2) is 5.69 Å². The van der Waals surface area contributed by atoms with Crippen molar-refractivity contribution in [3.63, 3.8) is 0 Å². The summed E-state index contributed by atoms with van der Waals surface area (Å²) in [6, 6.07) is 18.7. The van der Waals surface area contributed by atoms with Crippen LogP contribution in [-0.4, -0.2) is 27.8 Å². The fourth-order valence-electron chi connectivity index (χ4n) is 3.16. The first kappa shape index (κ1) is 20.7. The van der Waals surface area contributed by atoms with E-state index in [0.717, 1.165) is 22.0 Å². The van der Waals surface area contributed by atoms with Crippen LogP contribution < -0.4 is 10.1 Å². The van der Waals surface area contributed by atoms with Gasteiger partial charge in [0.25, 0.3) is 5.91 Å². The van der Waals surface area contributed by atoms with E-state index >= 15 is 0 Å². The number of pyridine rings is 1. The van der Waals surface area contributed by atoms with E-state index < -0.39 is 0 Å². The lowest BCUT2D eigenvalue weighted by atomic mass is 10.0. The van der Waals surface area contributed by atoms with Crippen molar-refractivity contribution in [1.29, 1.82) is 0 Å². The highest BCUT2D eigenvalue weighted by atomic mass is 16.5. The fourth-order valence-corrected chi connectivity index (χ4v) is 3.16. The molecule has 32 heavy (non-hydrogen) atoms. The Labute approximate surface area is 185 Å². The molecule has 2 heterocycles. The number of anilines is 1. The molecule has 2 N–H and O–H groups in total. The Morgan fingerprint density at radius 2 is 1.91 bits per heavy atom. The van der Waals surface area contributed by atoms with Gasteiger partial charge in [-0.25, -0.2) is 0 Å². The molecule has 0 bridgehead atoms. The van der Waals surface area contributed by atoms with Gasteiger partial charge in [-0.1, -0.05) is 24.3 Å². The quantitative estimate of drug-likeness (QED) is 0.242. The monoisotopic (exact) mass is 423 g/mol. The van der Waals surface area contributed by atoms with Gasteiger partial charge in [0.05, 0.1) is 11.7 Å². The first-order valence-electron chi connectivity index (χ1n) is 9.91. The summed E-state index contributed by atoms with van der Waals surface area (Å²) in [5.41, 5.74) is 3.59. The highest BCUT2D eigenvalue weighted by molar-refractivity contribution is 6.11. The molecule has 7 heteroatoms. The zero-order valence-electron chi connectivity index (χ0n) is 17.4. The zero-order valence-corrected chi connectivity index (χ0v) is 17.4. The van der Waals surface area contributed by atoms with Gasteiger partial charge in [-0.15, -0.1) is 0 Å². The maximum atomic E-state index is 12.8. The molecule has 1 amide bonds. The number of rotatable bonds is 7. The normalized spacial score (nSPS) is 11.9. The predicted molar refractivity (Wildman–Crippen MR) is 127 cm³/mol. The molecule has 0 aliphatic rings. The summed E-state index contributed by atoms with van der Waals surface area (Å²) in [4.78, 5) is 20.6. The number of H-pyrrole nitrogens is 1. The van der Waals surface area contributed by atoms with Crippen LogP contribution in [0.15, 0.2) is 96.1 Å². The predicted octanol–water partition coefficient (Wildman–Crippen LogP) is 5.23. The summed E-state index contributed by atoms with van der Waals surface area (Å²) < 4.78 is 5.91. The number of nitrogens with zero attached hydrogens (tertiary/aromatic N) is 3. The van der Waals surface area contributed by atoms with Gasteiger partial charge in [-0.3, -0.25) is 19.9 Å². The molecule has 0 unspecified atom stereocenters. The van der Waals surface area contributed by atoms with Crippen molar-refractivity contribution in [2.45, 2.75) is 6.92 Å². The summed E-state index contributed by atoms with van der Waals surface area (Å²) in [5.74, 6) is 0.948. The number of hydrogen-bond donors (Lipinski definition) is 2. The molecule has 0 fully saturated rings. The fraction of sp³-hybridized carbons (Fsp3) is 0.0400. The Kier molecular flexibility index (Phi) is 6.17. The Balaban J connectivity index is 1.62. The first-order valence-corrected chi connectivity index (χ1v) is 9.91. The Hall–Kier alpha value is -4.52. The molecule has 0 saturated heterocycles. The number of ether oxygens (including phenoxy) is 1. The molecular weight excluding hydrogens is 402 g/mol. The number of carbonyl (C=O) groups excluding carboxylic acids is 1. The van der Waals surface area contributed by atoms with Crippen LogP contribution in [0.1, 0.15) is 23.0 Å². The maximum Gasteiger partial charge on any atom is 0.276 e. The number of amides is 1. The molecular formula is C25H21N5O2. The smallest absolute Gasteiger partial charge is 0.276 e. The largest absolute Gasteiger partial charge is 0.456 e. The third-order valence-electron chi connectivity index (χ3n) is 4.73. The average molecular weight is 423 g/mol. The number of allylic oxidation sites excluding steroid dienone is 2. The van der Waals surface area contributed by atoms with E-state index in [2.05, 4.69) is 32.2 Å². The van der Waals surface area contributed by atoms with Crippen molar-refractivity contribution in [2.75, 3.05) is 5.32 Å². The topological polar surface area (TPSA) is 92.3 Å². The number of carbonyl (C=O) groups is 1. The number of hydrogen-bond acceptors (Lipinski definition) is 5. The molecule has 4 rings (SSSR count). The lowest BCUT2D eigenvalue weighted by Crippen LogP contribution is -2.12. The summed E-state index contributed by atoms with van der Waals surface area (Å²) in [6.45, 7) is 5.49. The molecule has 0 aliphatic heterocycles. The zero-order chi connectivity index (χ0) is 22.3. The molecule has 0 radical (unpaired) electrons. The Morgan fingerprint density at radius 3 is 2.66 bits per heavy atom. The van der Waals surface area contributed by atoms with Crippen LogP contribution >= 0.6 is 0 Å². The van der Waals surface area contributed by atoms with E-state index in [1.54, 1.807) is 30.7 Å². The van der Waals surface area contributed by atoms with E-state index in [1.165, 1.54) is 0 Å². The van der Waals surface area contributed by atoms with E-state index in [-0.39, 0.29) is 5.91 Å². The van der Waals surface area contributed by atoms with Crippen LogP contribution in [0.3, 0.4) is 0 Å². The summed E-state index contributed by atoms with van der Waals surface area (Å²) >= 11 is 0. The van der Waals surface area contributed by atoms with Crippen LogP contribution in [0.2, 0.25) is 0 Å². The third kappa shape index (κ3) is 4.79.